The van der Waals surface area contributed by atoms with Gasteiger partial charge >= 0.3 is 0 Å². The molecular weight excluding hydrogens is 526 g/mol. The fraction of sp³-hybridized carbons (Fsp3) is 0.312. The molecule has 6 heteroatoms. The Bertz CT molecular complexity index is 1120. The van der Waals surface area contributed by atoms with Gasteiger partial charge in [0.1, 0.15) is 16.5 Å². The van der Waals surface area contributed by atoms with Gasteiger partial charge in [-0.25, -0.2) is 4.98 Å². The molecule has 204 valence electrons. The van der Waals surface area contributed by atoms with Crippen LogP contribution in [0.4, 0.5) is 0 Å². The number of hydrogen-bond acceptors (Lipinski definition) is 4. The summed E-state index contributed by atoms with van der Waals surface area (Å²) in [5.74, 6) is 1.61. The summed E-state index contributed by atoms with van der Waals surface area (Å²) in [5.41, 5.74) is 2.07. The monoisotopic (exact) mass is 567 g/mol. The molecule has 0 radical (unpaired) electrons. The Morgan fingerprint density at radius 3 is 2.26 bits per heavy atom. The first kappa shape index (κ1) is 33.6. The Balaban J connectivity index is 0.000000616. The molecule has 1 aromatic carbocycles. The lowest BCUT2D eigenvalue weighted by Crippen LogP contribution is -2.05. The zero-order chi connectivity index (χ0) is 28.3. The minimum Gasteiger partial charge on any atom is -0.326 e. The lowest BCUT2D eigenvalue weighted by Gasteiger charge is -2.11. The van der Waals surface area contributed by atoms with Crippen molar-refractivity contribution in [1.29, 1.82) is 0 Å². The van der Waals surface area contributed by atoms with Crippen LogP contribution in [0.3, 0.4) is 0 Å². The van der Waals surface area contributed by atoms with E-state index in [2.05, 4.69) is 53.7 Å². The summed E-state index contributed by atoms with van der Waals surface area (Å²) >= 11 is 9.65. The zero-order valence-electron chi connectivity index (χ0n) is 23.8. The van der Waals surface area contributed by atoms with Crippen molar-refractivity contribution in [3.63, 3.8) is 0 Å². The number of halogens is 1. The van der Waals surface area contributed by atoms with Crippen LogP contribution < -0.4 is 0 Å². The van der Waals surface area contributed by atoms with Gasteiger partial charge in [-0.05, 0) is 61.1 Å². The Hall–Kier alpha value is -2.47. The quantitative estimate of drug-likeness (QED) is 0.266. The van der Waals surface area contributed by atoms with E-state index in [-0.39, 0.29) is 0 Å². The molecule has 1 aliphatic rings. The normalized spacial score (nSPS) is 16.1. The van der Waals surface area contributed by atoms with Crippen LogP contribution in [0.25, 0.3) is 5.57 Å². The third-order valence-electron chi connectivity index (χ3n) is 5.32. The Kier molecular flexibility index (Phi) is 17.3. The van der Waals surface area contributed by atoms with Crippen LogP contribution in [0.1, 0.15) is 52.6 Å². The summed E-state index contributed by atoms with van der Waals surface area (Å²) in [4.78, 5) is 9.76. The number of nitrogens with zero attached hydrogens (tertiary/aromatic N) is 3. The van der Waals surface area contributed by atoms with Crippen molar-refractivity contribution >= 4 is 40.7 Å². The molecule has 3 aromatic rings. The molecule has 0 N–H and O–H groups in total. The predicted octanol–water partition coefficient (Wildman–Crippen LogP) is 10.4. The lowest BCUT2D eigenvalue weighted by molar-refractivity contribution is 0.689. The second kappa shape index (κ2) is 19.6. The van der Waals surface area contributed by atoms with Gasteiger partial charge in [-0.3, -0.25) is 4.98 Å². The maximum atomic E-state index is 6.03. The van der Waals surface area contributed by atoms with Gasteiger partial charge < -0.3 is 4.57 Å². The predicted molar refractivity (Wildman–Crippen MR) is 172 cm³/mol. The van der Waals surface area contributed by atoms with E-state index in [1.54, 1.807) is 24.2 Å². The molecule has 2 unspecified atom stereocenters. The zero-order valence-corrected chi connectivity index (χ0v) is 26.2. The smallest absolute Gasteiger partial charge is 0.108 e. The number of aromatic nitrogens is 3. The lowest BCUT2D eigenvalue weighted by atomic mass is 10.0. The number of benzene rings is 1. The summed E-state index contributed by atoms with van der Waals surface area (Å²) < 4.78 is 2.14. The second-order valence-corrected chi connectivity index (χ2v) is 10.5. The Morgan fingerprint density at radius 1 is 1.11 bits per heavy atom. The molecule has 1 aliphatic heterocycles. The molecular formula is C32H42ClN3S2. The van der Waals surface area contributed by atoms with E-state index < -0.39 is 0 Å². The van der Waals surface area contributed by atoms with Gasteiger partial charge in [0, 0.05) is 40.2 Å². The number of allylic oxidation sites excluding steroid dienone is 6. The number of thioether (sulfide) groups is 1. The van der Waals surface area contributed by atoms with Crippen LogP contribution in [-0.2, 0) is 7.05 Å². The van der Waals surface area contributed by atoms with Crippen molar-refractivity contribution in [1.82, 2.24) is 14.5 Å². The second-order valence-electron chi connectivity index (χ2n) is 7.81. The topological polar surface area (TPSA) is 30.7 Å². The minimum atomic E-state index is 0.620. The highest BCUT2D eigenvalue weighted by molar-refractivity contribution is 8.03. The van der Waals surface area contributed by atoms with E-state index in [0.29, 0.717) is 11.2 Å². The molecule has 3 heterocycles. The molecule has 2 atom stereocenters. The first-order valence-electron chi connectivity index (χ1n) is 13.1. The molecule has 38 heavy (non-hydrogen) atoms. The van der Waals surface area contributed by atoms with E-state index in [1.807, 2.05) is 101 Å². The van der Waals surface area contributed by atoms with Crippen LogP contribution in [0.15, 0.2) is 107 Å². The molecule has 0 saturated carbocycles. The van der Waals surface area contributed by atoms with Crippen molar-refractivity contribution in [3.05, 3.63) is 114 Å². The number of hydrogen-bond donors (Lipinski definition) is 0. The van der Waals surface area contributed by atoms with Gasteiger partial charge in [-0.1, -0.05) is 101 Å². The first-order valence-corrected chi connectivity index (χ1v) is 15.3. The fourth-order valence-electron chi connectivity index (χ4n) is 3.28. The van der Waals surface area contributed by atoms with Crippen molar-refractivity contribution in [2.24, 2.45) is 13.0 Å². The molecule has 2 aromatic heterocycles. The Labute approximate surface area is 244 Å². The van der Waals surface area contributed by atoms with Crippen LogP contribution in [0, 0.1) is 12.8 Å². The minimum absolute atomic E-state index is 0.620. The highest BCUT2D eigenvalue weighted by Crippen LogP contribution is 2.36. The highest BCUT2D eigenvalue weighted by atomic mass is 35.5. The van der Waals surface area contributed by atoms with E-state index in [0.717, 1.165) is 38.5 Å². The molecule has 0 saturated heterocycles. The standard InChI is InChI=1S/C23H25ClN2S2.C5H5N.2C2H6/c1-5-7-18(8-6-9-21-16(2)14-15-27-21)22-23(26(4)17(3)25-22)28-20-12-10-19(24)11-13-20;1-2-4-6-5-3-1;2*1-2/h5-8,10-16,21H,1,9H2,2-4H3;1-5H;2*1-2H3/b8-6-,18-7+;;;. The highest BCUT2D eigenvalue weighted by Gasteiger charge is 2.19. The number of imidazole rings is 1. The van der Waals surface area contributed by atoms with Gasteiger partial charge in [0.15, 0.2) is 0 Å². The molecule has 0 spiro atoms. The molecule has 4 rings (SSSR count). The molecule has 0 amide bonds. The van der Waals surface area contributed by atoms with Crippen LogP contribution in [0.2, 0.25) is 5.02 Å². The third kappa shape index (κ3) is 11.1. The third-order valence-corrected chi connectivity index (χ3v) is 8.03. The summed E-state index contributed by atoms with van der Waals surface area (Å²) in [6, 6.07) is 13.6. The maximum Gasteiger partial charge on any atom is 0.108 e. The van der Waals surface area contributed by atoms with Crippen molar-refractivity contribution < 1.29 is 0 Å². The molecule has 0 fully saturated rings. The van der Waals surface area contributed by atoms with Gasteiger partial charge in [0.05, 0.1) is 0 Å². The van der Waals surface area contributed by atoms with Crippen molar-refractivity contribution in [2.45, 2.75) is 63.1 Å². The van der Waals surface area contributed by atoms with Gasteiger partial charge in [-0.2, -0.15) is 0 Å². The van der Waals surface area contributed by atoms with Crippen molar-refractivity contribution in [3.8, 4) is 0 Å². The molecule has 0 bridgehead atoms. The van der Waals surface area contributed by atoms with Crippen LogP contribution in [-0.4, -0.2) is 19.8 Å². The van der Waals surface area contributed by atoms with E-state index in [4.69, 9.17) is 16.6 Å². The van der Waals surface area contributed by atoms with Gasteiger partial charge in [0.25, 0.3) is 0 Å². The largest absolute Gasteiger partial charge is 0.326 e. The number of aryl methyl sites for hydroxylation is 1. The van der Waals surface area contributed by atoms with Gasteiger partial charge in [0.2, 0.25) is 0 Å². The van der Waals surface area contributed by atoms with Crippen LogP contribution >= 0.6 is 35.1 Å². The molecule has 0 aliphatic carbocycles. The average Bonchev–Trinajstić information content (AvgIpc) is 3.50. The van der Waals surface area contributed by atoms with Crippen LogP contribution in [0.5, 0.6) is 0 Å². The summed E-state index contributed by atoms with van der Waals surface area (Å²) in [7, 11) is 2.06. The summed E-state index contributed by atoms with van der Waals surface area (Å²) in [6.45, 7) is 16.2. The summed E-state index contributed by atoms with van der Waals surface area (Å²) in [6.07, 6.45) is 15.1. The van der Waals surface area contributed by atoms with E-state index in [1.165, 1.54) is 0 Å². The van der Waals surface area contributed by atoms with Gasteiger partial charge in [-0.15, -0.1) is 11.8 Å². The van der Waals surface area contributed by atoms with E-state index in [9.17, 15) is 0 Å². The SMILES string of the molecule is C=C/C=C(\C=C/CC1SC=CC1C)c1nc(C)n(C)c1Sc1ccc(Cl)cc1.CC.CC.c1ccncc1. The summed E-state index contributed by atoms with van der Waals surface area (Å²) in [5, 5.41) is 4.69. The molecule has 3 nitrogen and oxygen atoms in total. The number of rotatable bonds is 7. The first-order chi connectivity index (χ1) is 18.5. The maximum absolute atomic E-state index is 6.03. The fourth-order valence-corrected chi connectivity index (χ4v) is 5.53. The number of pyridine rings is 1. The van der Waals surface area contributed by atoms with Crippen molar-refractivity contribution in [2.75, 3.05) is 0 Å². The average molecular weight is 568 g/mol. The Morgan fingerprint density at radius 2 is 1.76 bits per heavy atom. The van der Waals surface area contributed by atoms with E-state index >= 15 is 0 Å².